The molecule has 1 aliphatic carbocycles. The molecule has 1 aliphatic rings. The Morgan fingerprint density at radius 1 is 1.12 bits per heavy atom. The van der Waals surface area contributed by atoms with E-state index >= 15 is 0 Å². The minimum Gasteiger partial charge on any atom is -0.444 e. The molecule has 2 unspecified atom stereocenters. The number of hydrogen-bond acceptors (Lipinski definition) is 3. The summed E-state index contributed by atoms with van der Waals surface area (Å²) in [6, 6.07) is 8.33. The molecule has 134 valence electrons. The molecule has 0 bridgehead atoms. The van der Waals surface area contributed by atoms with Gasteiger partial charge in [-0.15, -0.1) is 0 Å². The fourth-order valence-corrected chi connectivity index (χ4v) is 3.47. The van der Waals surface area contributed by atoms with Crippen molar-refractivity contribution in [2.75, 3.05) is 10.6 Å². The lowest BCUT2D eigenvalue weighted by atomic mass is 9.77. The standard InChI is InChI=1S/C20H32N2O2/c1-14(2)15-10-6-7-11-16(15)21-17-12-8-9-13-18(17)22-19(23)24-20(3,4)5/h8-9,12-16,21H,6-7,10-11H2,1-5H3,(H,22,23). The third-order valence-electron chi connectivity index (χ3n) is 4.58. The number of amides is 1. The normalized spacial score (nSPS) is 21.4. The molecule has 0 radical (unpaired) electrons. The molecule has 1 saturated carbocycles. The SMILES string of the molecule is CC(C)C1CCCCC1Nc1ccccc1NC(=O)OC(C)(C)C. The van der Waals surface area contributed by atoms with Crippen molar-refractivity contribution >= 4 is 17.5 Å². The highest BCUT2D eigenvalue weighted by Gasteiger charge is 2.28. The van der Waals surface area contributed by atoms with Crippen molar-refractivity contribution in [1.29, 1.82) is 0 Å². The predicted octanol–water partition coefficient (Wildman–Crippen LogP) is 5.66. The molecule has 0 spiro atoms. The number of para-hydroxylation sites is 2. The molecule has 24 heavy (non-hydrogen) atoms. The number of nitrogens with one attached hydrogen (secondary N) is 2. The van der Waals surface area contributed by atoms with Gasteiger partial charge < -0.3 is 10.1 Å². The number of anilines is 2. The van der Waals surface area contributed by atoms with E-state index in [2.05, 4.69) is 24.5 Å². The van der Waals surface area contributed by atoms with E-state index in [9.17, 15) is 4.79 Å². The zero-order valence-corrected chi connectivity index (χ0v) is 15.7. The van der Waals surface area contributed by atoms with Crippen LogP contribution in [0.2, 0.25) is 0 Å². The fraction of sp³-hybridized carbons (Fsp3) is 0.650. The van der Waals surface area contributed by atoms with Crippen LogP contribution in [0.3, 0.4) is 0 Å². The summed E-state index contributed by atoms with van der Waals surface area (Å²) in [6.45, 7) is 10.2. The van der Waals surface area contributed by atoms with Crippen molar-refractivity contribution in [3.8, 4) is 0 Å². The third kappa shape index (κ3) is 5.43. The van der Waals surface area contributed by atoms with Crippen LogP contribution in [0.15, 0.2) is 24.3 Å². The molecule has 4 nitrogen and oxygen atoms in total. The number of hydrogen-bond donors (Lipinski definition) is 2. The average Bonchev–Trinajstić information content (AvgIpc) is 2.47. The molecule has 0 heterocycles. The van der Waals surface area contributed by atoms with Crippen LogP contribution < -0.4 is 10.6 Å². The van der Waals surface area contributed by atoms with E-state index in [-0.39, 0.29) is 0 Å². The van der Waals surface area contributed by atoms with Crippen molar-refractivity contribution in [1.82, 2.24) is 0 Å². The van der Waals surface area contributed by atoms with E-state index < -0.39 is 11.7 Å². The highest BCUT2D eigenvalue weighted by Crippen LogP contribution is 2.34. The number of benzene rings is 1. The van der Waals surface area contributed by atoms with Crippen molar-refractivity contribution in [3.05, 3.63) is 24.3 Å². The van der Waals surface area contributed by atoms with Gasteiger partial charge in [-0.05, 0) is 57.6 Å². The molecule has 1 amide bonds. The summed E-state index contributed by atoms with van der Waals surface area (Å²) in [4.78, 5) is 12.1. The van der Waals surface area contributed by atoms with Gasteiger partial charge in [0.05, 0.1) is 11.4 Å². The zero-order valence-electron chi connectivity index (χ0n) is 15.7. The molecular formula is C20H32N2O2. The Kier molecular flexibility index (Phi) is 6.14. The van der Waals surface area contributed by atoms with Crippen LogP contribution in [0.5, 0.6) is 0 Å². The molecule has 2 rings (SSSR count). The van der Waals surface area contributed by atoms with Crippen LogP contribution in [-0.2, 0) is 4.74 Å². The summed E-state index contributed by atoms with van der Waals surface area (Å²) < 4.78 is 5.37. The summed E-state index contributed by atoms with van der Waals surface area (Å²) in [5.74, 6) is 1.34. The van der Waals surface area contributed by atoms with Gasteiger partial charge in [0.25, 0.3) is 0 Å². The third-order valence-corrected chi connectivity index (χ3v) is 4.58. The van der Waals surface area contributed by atoms with E-state index in [1.165, 1.54) is 25.7 Å². The minimum absolute atomic E-state index is 0.416. The van der Waals surface area contributed by atoms with E-state index in [0.29, 0.717) is 17.9 Å². The number of carbonyl (C=O) groups excluding carboxylic acids is 1. The van der Waals surface area contributed by atoms with E-state index in [1.807, 2.05) is 45.0 Å². The van der Waals surface area contributed by atoms with Gasteiger partial charge in [0.2, 0.25) is 0 Å². The highest BCUT2D eigenvalue weighted by atomic mass is 16.6. The number of rotatable bonds is 4. The summed E-state index contributed by atoms with van der Waals surface area (Å²) in [7, 11) is 0. The molecule has 2 atom stereocenters. The maximum absolute atomic E-state index is 12.1. The molecule has 0 aromatic heterocycles. The lowest BCUT2D eigenvalue weighted by molar-refractivity contribution is 0.0636. The van der Waals surface area contributed by atoms with Crippen LogP contribution >= 0.6 is 0 Å². The zero-order chi connectivity index (χ0) is 17.7. The van der Waals surface area contributed by atoms with E-state index in [4.69, 9.17) is 4.74 Å². The Bertz CT molecular complexity index is 549. The Morgan fingerprint density at radius 3 is 2.38 bits per heavy atom. The molecule has 4 heteroatoms. The number of ether oxygens (including phenoxy) is 1. The molecule has 0 aliphatic heterocycles. The predicted molar refractivity (Wildman–Crippen MR) is 101 cm³/mol. The maximum Gasteiger partial charge on any atom is 0.412 e. The Hall–Kier alpha value is -1.71. The molecule has 1 fully saturated rings. The van der Waals surface area contributed by atoms with Gasteiger partial charge in [0.1, 0.15) is 5.60 Å². The van der Waals surface area contributed by atoms with E-state index in [0.717, 1.165) is 11.4 Å². The lowest BCUT2D eigenvalue weighted by Crippen LogP contribution is -2.35. The van der Waals surface area contributed by atoms with E-state index in [1.54, 1.807) is 0 Å². The second-order valence-corrected chi connectivity index (χ2v) is 8.12. The first-order chi connectivity index (χ1) is 11.3. The van der Waals surface area contributed by atoms with Gasteiger partial charge in [-0.25, -0.2) is 4.79 Å². The first kappa shape index (κ1) is 18.6. The maximum atomic E-state index is 12.1. The van der Waals surface area contributed by atoms with Gasteiger partial charge in [0.15, 0.2) is 0 Å². The quantitative estimate of drug-likeness (QED) is 0.748. The highest BCUT2D eigenvalue weighted by molar-refractivity contribution is 5.89. The van der Waals surface area contributed by atoms with Gasteiger partial charge in [-0.2, -0.15) is 0 Å². The molecule has 1 aromatic carbocycles. The van der Waals surface area contributed by atoms with Gasteiger partial charge >= 0.3 is 6.09 Å². The van der Waals surface area contributed by atoms with Crippen LogP contribution in [0.1, 0.15) is 60.3 Å². The monoisotopic (exact) mass is 332 g/mol. The smallest absolute Gasteiger partial charge is 0.412 e. The Labute approximate surface area is 146 Å². The molecule has 2 N–H and O–H groups in total. The summed E-state index contributed by atoms with van der Waals surface area (Å²) >= 11 is 0. The number of carbonyl (C=O) groups is 1. The Balaban J connectivity index is 2.09. The lowest BCUT2D eigenvalue weighted by Gasteiger charge is -2.36. The Morgan fingerprint density at radius 2 is 1.75 bits per heavy atom. The van der Waals surface area contributed by atoms with Gasteiger partial charge in [-0.3, -0.25) is 5.32 Å². The van der Waals surface area contributed by atoms with Crippen LogP contribution in [0.25, 0.3) is 0 Å². The van der Waals surface area contributed by atoms with Crippen LogP contribution in [0, 0.1) is 11.8 Å². The first-order valence-electron chi connectivity index (χ1n) is 9.12. The molecule has 0 saturated heterocycles. The van der Waals surface area contributed by atoms with Crippen molar-refractivity contribution in [3.63, 3.8) is 0 Å². The topological polar surface area (TPSA) is 50.4 Å². The van der Waals surface area contributed by atoms with Crippen molar-refractivity contribution in [2.45, 2.75) is 71.9 Å². The summed E-state index contributed by atoms with van der Waals surface area (Å²) in [6.07, 6.45) is 4.63. The average molecular weight is 332 g/mol. The first-order valence-corrected chi connectivity index (χ1v) is 9.12. The fourth-order valence-electron chi connectivity index (χ4n) is 3.47. The second-order valence-electron chi connectivity index (χ2n) is 8.12. The van der Waals surface area contributed by atoms with Crippen LogP contribution in [-0.4, -0.2) is 17.7 Å². The largest absolute Gasteiger partial charge is 0.444 e. The van der Waals surface area contributed by atoms with Crippen molar-refractivity contribution < 1.29 is 9.53 Å². The van der Waals surface area contributed by atoms with Gasteiger partial charge in [-0.1, -0.05) is 38.8 Å². The van der Waals surface area contributed by atoms with Gasteiger partial charge in [0, 0.05) is 6.04 Å². The minimum atomic E-state index is -0.501. The molecule has 1 aromatic rings. The molecular weight excluding hydrogens is 300 g/mol. The summed E-state index contributed by atoms with van der Waals surface area (Å²) in [5.41, 5.74) is 1.25. The van der Waals surface area contributed by atoms with Crippen LogP contribution in [0.4, 0.5) is 16.2 Å². The summed E-state index contributed by atoms with van der Waals surface area (Å²) in [5, 5.41) is 6.56. The second kappa shape index (κ2) is 7.91. The van der Waals surface area contributed by atoms with Crippen molar-refractivity contribution in [2.24, 2.45) is 11.8 Å².